The summed E-state index contributed by atoms with van der Waals surface area (Å²) < 4.78 is 158. The summed E-state index contributed by atoms with van der Waals surface area (Å²) in [5.41, 5.74) is -4.47. The first kappa shape index (κ1) is 33.4. The number of alkyl halides is 5. The lowest BCUT2D eigenvalue weighted by atomic mass is 10.0. The highest BCUT2D eigenvalue weighted by atomic mass is 19.4. The van der Waals surface area contributed by atoms with Crippen LogP contribution in [-0.2, 0) is 18.7 Å². The zero-order valence-corrected chi connectivity index (χ0v) is 23.2. The monoisotopic (exact) mass is 642 g/mol. The van der Waals surface area contributed by atoms with Gasteiger partial charge in [0.25, 0.3) is 0 Å². The minimum Gasteiger partial charge on any atom is -0.429 e. The summed E-state index contributed by atoms with van der Waals surface area (Å²) in [5.74, 6) is -6.21. The second-order valence-corrected chi connectivity index (χ2v) is 9.91. The Hall–Kier alpha value is -4.53. The van der Waals surface area contributed by atoms with E-state index in [-0.39, 0.29) is 28.7 Å². The standard InChI is InChI=1S/C33H21F11O/c1-2-3-4-5-19-12-26(36)31(27(37)13-19)33(43,44)45-22-16-24(34)23(25(35)17-22)11-8-18-6-9-20(10-7-18)21-14-28(38)30(29(39)15-21)32(40,41)42/h6-7,9-10,12-17H,2-5H2,1H3. The molecule has 0 atom stereocenters. The molecule has 45 heavy (non-hydrogen) atoms. The lowest BCUT2D eigenvalue weighted by molar-refractivity contribution is -0.189. The second-order valence-electron chi connectivity index (χ2n) is 9.91. The molecule has 0 N–H and O–H groups in total. The molecule has 0 spiro atoms. The predicted octanol–water partition coefficient (Wildman–Crippen LogP) is 10.5. The molecule has 0 aromatic heterocycles. The van der Waals surface area contributed by atoms with Crippen molar-refractivity contribution in [3.05, 3.63) is 123 Å². The van der Waals surface area contributed by atoms with E-state index in [0.717, 1.165) is 25.0 Å². The molecular formula is C33H21F11O. The van der Waals surface area contributed by atoms with Crippen LogP contribution in [0.4, 0.5) is 48.3 Å². The molecule has 0 saturated heterocycles. The summed E-state index contributed by atoms with van der Waals surface area (Å²) in [6, 6.07) is 8.19. The summed E-state index contributed by atoms with van der Waals surface area (Å²) in [6.07, 6.45) is -7.42. The van der Waals surface area contributed by atoms with E-state index in [2.05, 4.69) is 16.6 Å². The first-order chi connectivity index (χ1) is 21.1. The molecule has 0 aliphatic carbocycles. The van der Waals surface area contributed by atoms with Gasteiger partial charge in [0, 0.05) is 17.7 Å². The van der Waals surface area contributed by atoms with Gasteiger partial charge in [0.15, 0.2) is 0 Å². The number of hydrogen-bond acceptors (Lipinski definition) is 1. The van der Waals surface area contributed by atoms with E-state index in [4.69, 9.17) is 0 Å². The normalized spacial score (nSPS) is 11.7. The molecule has 0 unspecified atom stereocenters. The van der Waals surface area contributed by atoms with Gasteiger partial charge in [-0.25, -0.2) is 26.3 Å². The minimum atomic E-state index is -5.24. The van der Waals surface area contributed by atoms with Crippen LogP contribution in [0.3, 0.4) is 0 Å². The molecule has 4 aromatic carbocycles. The lowest BCUT2D eigenvalue weighted by Crippen LogP contribution is -2.25. The average Bonchev–Trinajstić information content (AvgIpc) is 2.91. The SMILES string of the molecule is CCCCCc1cc(F)c(C(F)(F)Oc2cc(F)c(C#Cc3ccc(-c4cc(F)c(C(F)(F)F)c(F)c4)cc3)c(F)c2)c(F)c1. The molecule has 12 heteroatoms. The highest BCUT2D eigenvalue weighted by Gasteiger charge is 2.41. The van der Waals surface area contributed by atoms with E-state index in [0.29, 0.717) is 30.7 Å². The van der Waals surface area contributed by atoms with Crippen LogP contribution in [0.5, 0.6) is 5.75 Å². The Balaban J connectivity index is 1.53. The predicted molar refractivity (Wildman–Crippen MR) is 143 cm³/mol. The van der Waals surface area contributed by atoms with Crippen molar-refractivity contribution >= 4 is 0 Å². The number of unbranched alkanes of at least 4 members (excludes halogenated alkanes) is 2. The number of benzene rings is 4. The molecule has 0 amide bonds. The average molecular weight is 643 g/mol. The third-order valence-corrected chi connectivity index (χ3v) is 6.60. The largest absolute Gasteiger partial charge is 0.432 e. The van der Waals surface area contributed by atoms with Crippen molar-refractivity contribution < 1.29 is 53.0 Å². The van der Waals surface area contributed by atoms with Gasteiger partial charge >= 0.3 is 12.3 Å². The summed E-state index contributed by atoms with van der Waals surface area (Å²) >= 11 is 0. The first-order valence-corrected chi connectivity index (χ1v) is 13.3. The Kier molecular flexibility index (Phi) is 9.80. The summed E-state index contributed by atoms with van der Waals surface area (Å²) in [7, 11) is 0. The van der Waals surface area contributed by atoms with Gasteiger partial charge in [-0.2, -0.15) is 22.0 Å². The Morgan fingerprint density at radius 3 is 1.64 bits per heavy atom. The maximum Gasteiger partial charge on any atom is 0.432 e. The Bertz CT molecular complexity index is 1700. The van der Waals surface area contributed by atoms with Crippen LogP contribution >= 0.6 is 0 Å². The Labute approximate surface area is 250 Å². The van der Waals surface area contributed by atoms with Crippen molar-refractivity contribution in [3.63, 3.8) is 0 Å². The number of halogens is 11. The molecule has 0 saturated carbocycles. The molecule has 0 aliphatic rings. The van der Waals surface area contributed by atoms with Gasteiger partial charge in [-0.3, -0.25) is 0 Å². The van der Waals surface area contributed by atoms with Gasteiger partial charge in [0.1, 0.15) is 51.8 Å². The molecule has 1 nitrogen and oxygen atoms in total. The second kappa shape index (κ2) is 13.2. The number of rotatable bonds is 8. The molecular weight excluding hydrogens is 621 g/mol. The first-order valence-electron chi connectivity index (χ1n) is 13.3. The van der Waals surface area contributed by atoms with Gasteiger partial charge in [-0.15, -0.1) is 0 Å². The quantitative estimate of drug-likeness (QED) is 0.106. The van der Waals surface area contributed by atoms with Crippen LogP contribution < -0.4 is 4.74 Å². The number of hydrogen-bond donors (Lipinski definition) is 0. The third-order valence-electron chi connectivity index (χ3n) is 6.60. The molecule has 4 rings (SSSR count). The lowest BCUT2D eigenvalue weighted by Gasteiger charge is -2.20. The van der Waals surface area contributed by atoms with Crippen LogP contribution in [0.25, 0.3) is 11.1 Å². The van der Waals surface area contributed by atoms with Crippen molar-refractivity contribution in [2.45, 2.75) is 44.9 Å². The zero-order valence-electron chi connectivity index (χ0n) is 23.2. The highest BCUT2D eigenvalue weighted by Crippen LogP contribution is 2.37. The van der Waals surface area contributed by atoms with Crippen molar-refractivity contribution in [3.8, 4) is 28.7 Å². The topological polar surface area (TPSA) is 9.23 Å². The maximum atomic E-state index is 14.7. The van der Waals surface area contributed by atoms with E-state index in [9.17, 15) is 48.3 Å². The van der Waals surface area contributed by atoms with Crippen LogP contribution in [-0.4, -0.2) is 0 Å². The van der Waals surface area contributed by atoms with Crippen LogP contribution in [0.15, 0.2) is 60.7 Å². The van der Waals surface area contributed by atoms with Gasteiger partial charge in [-0.1, -0.05) is 43.7 Å². The third kappa shape index (κ3) is 7.77. The molecule has 236 valence electrons. The fourth-order valence-corrected chi connectivity index (χ4v) is 4.45. The van der Waals surface area contributed by atoms with Crippen molar-refractivity contribution in [1.82, 2.24) is 0 Å². The molecule has 4 aromatic rings. The molecule has 0 heterocycles. The van der Waals surface area contributed by atoms with Crippen LogP contribution in [0, 0.1) is 46.7 Å². The summed E-state index contributed by atoms with van der Waals surface area (Å²) in [5, 5.41) is 0. The van der Waals surface area contributed by atoms with Crippen molar-refractivity contribution in [2.24, 2.45) is 0 Å². The van der Waals surface area contributed by atoms with E-state index in [1.54, 1.807) is 0 Å². The van der Waals surface area contributed by atoms with E-state index in [1.165, 1.54) is 24.3 Å². The Morgan fingerprint density at radius 1 is 0.600 bits per heavy atom. The summed E-state index contributed by atoms with van der Waals surface area (Å²) in [6.45, 7) is 1.91. The fourth-order valence-electron chi connectivity index (χ4n) is 4.45. The Morgan fingerprint density at radius 2 is 1.13 bits per heavy atom. The van der Waals surface area contributed by atoms with Gasteiger partial charge in [-0.05, 0) is 65.9 Å². The van der Waals surface area contributed by atoms with Crippen molar-refractivity contribution in [1.29, 1.82) is 0 Å². The van der Waals surface area contributed by atoms with Gasteiger partial charge in [0.05, 0.1) is 5.56 Å². The fraction of sp³-hybridized carbons (Fsp3) is 0.212. The van der Waals surface area contributed by atoms with E-state index in [1.807, 2.05) is 6.92 Å². The van der Waals surface area contributed by atoms with E-state index >= 15 is 0 Å². The number of ether oxygens (including phenoxy) is 1. The molecule has 0 fully saturated rings. The molecule has 0 aliphatic heterocycles. The van der Waals surface area contributed by atoms with Crippen LogP contribution in [0.1, 0.15) is 54.0 Å². The highest BCUT2D eigenvalue weighted by molar-refractivity contribution is 5.65. The van der Waals surface area contributed by atoms with Crippen molar-refractivity contribution in [2.75, 3.05) is 0 Å². The van der Waals surface area contributed by atoms with Crippen LogP contribution in [0.2, 0.25) is 0 Å². The maximum absolute atomic E-state index is 14.7. The minimum absolute atomic E-state index is 0.103. The van der Waals surface area contributed by atoms with Gasteiger partial charge in [0.2, 0.25) is 0 Å². The number of aryl methyl sites for hydroxylation is 1. The summed E-state index contributed by atoms with van der Waals surface area (Å²) in [4.78, 5) is 0. The van der Waals surface area contributed by atoms with Gasteiger partial charge < -0.3 is 4.74 Å². The smallest absolute Gasteiger partial charge is 0.429 e. The van der Waals surface area contributed by atoms with E-state index < -0.39 is 69.6 Å². The molecule has 0 bridgehead atoms. The molecule has 0 radical (unpaired) electrons. The zero-order chi connectivity index (χ0) is 33.1.